The average Bonchev–Trinajstić information content (AvgIpc) is 2.68. The van der Waals surface area contributed by atoms with E-state index >= 15 is 0 Å². The highest BCUT2D eigenvalue weighted by Crippen LogP contribution is 2.31. The number of halogens is 2. The topological polar surface area (TPSA) is 45.2 Å². The van der Waals surface area contributed by atoms with Crippen LogP contribution in [0.3, 0.4) is 0 Å². The summed E-state index contributed by atoms with van der Waals surface area (Å²) in [4.78, 5) is 17.4. The number of piperidine rings is 1. The van der Waals surface area contributed by atoms with Gasteiger partial charge in [-0.3, -0.25) is 9.78 Å². The Morgan fingerprint density at radius 3 is 2.54 bits per heavy atom. The number of carbonyl (C=O) groups excluding carboxylic acids is 1. The molecule has 0 atom stereocenters. The molecule has 6 heteroatoms. The van der Waals surface area contributed by atoms with Crippen molar-refractivity contribution in [2.24, 2.45) is 5.92 Å². The van der Waals surface area contributed by atoms with Crippen LogP contribution < -0.4 is 5.32 Å². The van der Waals surface area contributed by atoms with Crippen LogP contribution in [0, 0.1) is 5.92 Å². The van der Waals surface area contributed by atoms with Crippen molar-refractivity contribution in [2.45, 2.75) is 32.6 Å². The maximum absolute atomic E-state index is 13.3. The van der Waals surface area contributed by atoms with Gasteiger partial charge in [0.2, 0.25) is 5.91 Å². The van der Waals surface area contributed by atoms with E-state index in [1.807, 2.05) is 25.2 Å². The van der Waals surface area contributed by atoms with Crippen molar-refractivity contribution in [3.8, 4) is 0 Å². The molecule has 2 heterocycles. The second kappa shape index (κ2) is 9.44. The minimum Gasteiger partial charge on any atom is -0.355 e. The molecule has 1 N–H and O–H groups in total. The third-order valence-corrected chi connectivity index (χ3v) is 4.75. The predicted molar refractivity (Wildman–Crippen MR) is 109 cm³/mol. The highest BCUT2D eigenvalue weighted by Gasteiger charge is 2.27. The number of likely N-dealkylation sites (tertiary alicyclic amines) is 1. The summed E-state index contributed by atoms with van der Waals surface area (Å²) in [6, 6.07) is 2.88. The predicted octanol–water partition coefficient (Wildman–Crippen LogP) is 5.05. The first-order valence-electron chi connectivity index (χ1n) is 9.31. The molecule has 1 saturated heterocycles. The average molecular weight is 387 g/mol. The van der Waals surface area contributed by atoms with Gasteiger partial charge < -0.3 is 10.2 Å². The second-order valence-corrected chi connectivity index (χ2v) is 6.88. The van der Waals surface area contributed by atoms with Gasteiger partial charge in [-0.1, -0.05) is 31.4 Å². The fourth-order valence-electron chi connectivity index (χ4n) is 3.20. The number of amides is 1. The fraction of sp³-hybridized carbons (Fsp3) is 0.364. The van der Waals surface area contributed by atoms with Crippen LogP contribution in [0.5, 0.6) is 0 Å². The van der Waals surface area contributed by atoms with Gasteiger partial charge in [-0.05, 0) is 49.5 Å². The number of anilines is 1. The highest BCUT2D eigenvalue weighted by atomic mass is 19.3. The Morgan fingerprint density at radius 2 is 2.04 bits per heavy atom. The lowest BCUT2D eigenvalue weighted by Gasteiger charge is -2.33. The summed E-state index contributed by atoms with van der Waals surface area (Å²) >= 11 is 0. The zero-order valence-electron chi connectivity index (χ0n) is 16.4. The first-order valence-corrected chi connectivity index (χ1v) is 9.31. The van der Waals surface area contributed by atoms with E-state index in [4.69, 9.17) is 0 Å². The quantitative estimate of drug-likeness (QED) is 0.526. The van der Waals surface area contributed by atoms with Crippen molar-refractivity contribution in [3.63, 3.8) is 0 Å². The number of allylic oxidation sites excluding steroid dienone is 4. The van der Waals surface area contributed by atoms with Gasteiger partial charge in [0.15, 0.2) is 0 Å². The minimum atomic E-state index is -2.97. The lowest BCUT2D eigenvalue weighted by Crippen LogP contribution is -2.38. The van der Waals surface area contributed by atoms with Crippen LogP contribution >= 0.6 is 0 Å². The molecule has 4 nitrogen and oxygen atoms in total. The van der Waals surface area contributed by atoms with Crippen LogP contribution in [-0.2, 0) is 10.7 Å². The molecule has 1 aromatic heterocycles. The Bertz CT molecular complexity index is 768. The zero-order valence-corrected chi connectivity index (χ0v) is 16.4. The third-order valence-electron chi connectivity index (χ3n) is 4.75. The normalized spacial score (nSPS) is 16.3. The molecule has 1 aromatic rings. The first-order chi connectivity index (χ1) is 13.3. The molecule has 0 spiro atoms. The van der Waals surface area contributed by atoms with Crippen LogP contribution in [0.2, 0.25) is 0 Å². The molecule has 1 aliphatic rings. The fourth-order valence-corrected chi connectivity index (χ4v) is 3.20. The molecular weight excluding hydrogens is 360 g/mol. The number of nitrogens with one attached hydrogen (secondary N) is 1. The van der Waals surface area contributed by atoms with Crippen molar-refractivity contribution in [1.29, 1.82) is 0 Å². The second-order valence-electron chi connectivity index (χ2n) is 6.88. The van der Waals surface area contributed by atoms with Crippen LogP contribution in [0.1, 0.15) is 32.4 Å². The van der Waals surface area contributed by atoms with Gasteiger partial charge >= 0.3 is 0 Å². The summed E-state index contributed by atoms with van der Waals surface area (Å²) in [7, 11) is 0. The lowest BCUT2D eigenvalue weighted by atomic mass is 9.87. The van der Waals surface area contributed by atoms with Crippen LogP contribution in [0.25, 0.3) is 0 Å². The summed E-state index contributed by atoms with van der Waals surface area (Å²) in [6.45, 7) is 11.8. The number of hydrogen-bond donors (Lipinski definition) is 1. The SMILES string of the molecule is C=CC(=O)N1CCC(/C(=C/C=C\C)C(=C)Nc2ccc(C(C)(F)F)nc2)CC1. The molecule has 0 radical (unpaired) electrons. The molecule has 1 amide bonds. The van der Waals surface area contributed by atoms with E-state index < -0.39 is 5.92 Å². The largest absolute Gasteiger partial charge is 0.355 e. The number of hydrogen-bond acceptors (Lipinski definition) is 3. The highest BCUT2D eigenvalue weighted by molar-refractivity contribution is 5.87. The molecule has 0 aromatic carbocycles. The molecular formula is C22H27F2N3O. The van der Waals surface area contributed by atoms with E-state index in [2.05, 4.69) is 23.5 Å². The number of aromatic nitrogens is 1. The Hall–Kier alpha value is -2.76. The van der Waals surface area contributed by atoms with E-state index in [0.717, 1.165) is 25.3 Å². The molecule has 1 aliphatic heterocycles. The summed E-state index contributed by atoms with van der Waals surface area (Å²) in [5.41, 5.74) is 2.06. The number of rotatable bonds is 7. The van der Waals surface area contributed by atoms with E-state index in [0.29, 0.717) is 24.5 Å². The zero-order chi connectivity index (χ0) is 20.7. The third kappa shape index (κ3) is 5.62. The van der Waals surface area contributed by atoms with Crippen LogP contribution in [0.15, 0.2) is 67.1 Å². The summed E-state index contributed by atoms with van der Waals surface area (Å²) in [5, 5.41) is 3.17. The van der Waals surface area contributed by atoms with Crippen molar-refractivity contribution < 1.29 is 13.6 Å². The van der Waals surface area contributed by atoms with E-state index in [1.165, 1.54) is 18.3 Å². The van der Waals surface area contributed by atoms with Gasteiger partial charge in [0.05, 0.1) is 11.9 Å². The van der Waals surface area contributed by atoms with Crippen molar-refractivity contribution in [3.05, 3.63) is 72.8 Å². The van der Waals surface area contributed by atoms with Gasteiger partial charge in [0.25, 0.3) is 5.92 Å². The molecule has 1 fully saturated rings. The lowest BCUT2D eigenvalue weighted by molar-refractivity contribution is -0.127. The van der Waals surface area contributed by atoms with E-state index in [-0.39, 0.29) is 17.5 Å². The van der Waals surface area contributed by atoms with Gasteiger partial charge in [-0.15, -0.1) is 0 Å². The molecule has 28 heavy (non-hydrogen) atoms. The monoisotopic (exact) mass is 387 g/mol. The molecule has 0 aliphatic carbocycles. The van der Waals surface area contributed by atoms with Crippen molar-refractivity contribution in [1.82, 2.24) is 9.88 Å². The van der Waals surface area contributed by atoms with Gasteiger partial charge in [-0.25, -0.2) is 0 Å². The first kappa shape index (κ1) is 21.5. The maximum atomic E-state index is 13.3. The summed E-state index contributed by atoms with van der Waals surface area (Å²) in [5.74, 6) is -2.77. The van der Waals surface area contributed by atoms with E-state index in [1.54, 1.807) is 11.0 Å². The van der Waals surface area contributed by atoms with Gasteiger partial charge in [0, 0.05) is 25.7 Å². The molecule has 0 unspecified atom stereocenters. The minimum absolute atomic E-state index is 0.0479. The van der Waals surface area contributed by atoms with Crippen molar-refractivity contribution in [2.75, 3.05) is 18.4 Å². The van der Waals surface area contributed by atoms with E-state index in [9.17, 15) is 13.6 Å². The summed E-state index contributed by atoms with van der Waals surface area (Å²) < 4.78 is 26.6. The standard InChI is InChI=1S/C22H27F2N3O/c1-5-7-8-19(17-11-13-27(14-12-17)21(28)6-2)16(3)26-18-9-10-20(25-15-18)22(4,23)24/h5-10,15,17,26H,2-3,11-14H2,1,4H3/b7-5-,19-8+. The van der Waals surface area contributed by atoms with Gasteiger partial charge in [0.1, 0.15) is 5.69 Å². The smallest absolute Gasteiger partial charge is 0.286 e. The number of carbonyl (C=O) groups is 1. The van der Waals surface area contributed by atoms with Crippen LogP contribution in [0.4, 0.5) is 14.5 Å². The maximum Gasteiger partial charge on any atom is 0.286 e. The number of alkyl halides is 2. The Labute approximate surface area is 165 Å². The Balaban J connectivity index is 2.10. The molecule has 0 saturated carbocycles. The molecule has 150 valence electrons. The van der Waals surface area contributed by atoms with Crippen molar-refractivity contribution >= 4 is 11.6 Å². The Morgan fingerprint density at radius 1 is 1.36 bits per heavy atom. The molecule has 0 bridgehead atoms. The summed E-state index contributed by atoms with van der Waals surface area (Å²) in [6.07, 6.45) is 10.3. The number of nitrogens with zero attached hydrogens (tertiary/aromatic N) is 2. The number of pyridine rings is 1. The van der Waals surface area contributed by atoms with Crippen LogP contribution in [-0.4, -0.2) is 28.9 Å². The Kier molecular flexibility index (Phi) is 7.26. The van der Waals surface area contributed by atoms with Gasteiger partial charge in [-0.2, -0.15) is 8.78 Å². The molecule has 2 rings (SSSR count).